The van der Waals surface area contributed by atoms with Crippen LogP contribution in [0.3, 0.4) is 0 Å². The number of hydrogen-bond acceptors (Lipinski definition) is 4. The lowest BCUT2D eigenvalue weighted by atomic mass is 9.82. The Morgan fingerprint density at radius 2 is 1.81 bits per heavy atom. The zero-order valence-corrected chi connectivity index (χ0v) is 11.2. The molecule has 6 heteroatoms. The van der Waals surface area contributed by atoms with E-state index in [-0.39, 0.29) is 12.7 Å². The Morgan fingerprint density at radius 3 is 2.57 bits per heavy atom. The molecule has 1 aromatic carbocycles. The van der Waals surface area contributed by atoms with Crippen LogP contribution in [0.2, 0.25) is 0 Å². The fraction of sp³-hybridized carbons (Fsp3) is 0.333. The summed E-state index contributed by atoms with van der Waals surface area (Å²) in [5, 5.41) is 12.0. The SMILES string of the molecule is O=C(O)C1CC=CCC1C(=O)Nc1ccc2c(c1)OCO2. The van der Waals surface area contributed by atoms with Gasteiger partial charge in [0.05, 0.1) is 11.8 Å². The van der Waals surface area contributed by atoms with E-state index in [4.69, 9.17) is 9.47 Å². The number of allylic oxidation sites excluding steroid dienone is 2. The smallest absolute Gasteiger partial charge is 0.307 e. The van der Waals surface area contributed by atoms with Crippen LogP contribution >= 0.6 is 0 Å². The fourth-order valence-corrected chi connectivity index (χ4v) is 2.59. The van der Waals surface area contributed by atoms with Crippen LogP contribution in [0.15, 0.2) is 30.4 Å². The van der Waals surface area contributed by atoms with Crippen molar-refractivity contribution in [3.8, 4) is 11.5 Å². The molecule has 2 atom stereocenters. The number of anilines is 1. The first-order valence-electron chi connectivity index (χ1n) is 6.73. The van der Waals surface area contributed by atoms with Crippen molar-refractivity contribution in [1.29, 1.82) is 0 Å². The van der Waals surface area contributed by atoms with Crippen molar-refractivity contribution in [2.24, 2.45) is 11.8 Å². The Bertz CT molecular complexity index is 610. The van der Waals surface area contributed by atoms with E-state index in [1.807, 2.05) is 12.2 Å². The molecule has 2 aliphatic rings. The van der Waals surface area contributed by atoms with Gasteiger partial charge >= 0.3 is 5.97 Å². The van der Waals surface area contributed by atoms with Gasteiger partial charge in [-0.05, 0) is 25.0 Å². The zero-order chi connectivity index (χ0) is 14.8. The van der Waals surface area contributed by atoms with Gasteiger partial charge in [0.2, 0.25) is 12.7 Å². The quantitative estimate of drug-likeness (QED) is 0.832. The van der Waals surface area contributed by atoms with E-state index in [9.17, 15) is 14.7 Å². The molecule has 0 radical (unpaired) electrons. The minimum absolute atomic E-state index is 0.168. The maximum atomic E-state index is 12.3. The van der Waals surface area contributed by atoms with E-state index in [0.29, 0.717) is 30.0 Å². The van der Waals surface area contributed by atoms with Crippen molar-refractivity contribution in [3.05, 3.63) is 30.4 Å². The van der Waals surface area contributed by atoms with E-state index in [1.54, 1.807) is 18.2 Å². The summed E-state index contributed by atoms with van der Waals surface area (Å²) >= 11 is 0. The van der Waals surface area contributed by atoms with Crippen LogP contribution in [0, 0.1) is 11.8 Å². The first-order valence-corrected chi connectivity index (χ1v) is 6.73. The molecular weight excluding hydrogens is 274 g/mol. The van der Waals surface area contributed by atoms with E-state index < -0.39 is 17.8 Å². The number of fused-ring (bicyclic) bond motifs is 1. The number of carbonyl (C=O) groups is 2. The van der Waals surface area contributed by atoms with E-state index >= 15 is 0 Å². The highest BCUT2D eigenvalue weighted by Crippen LogP contribution is 2.35. The third-order valence-electron chi connectivity index (χ3n) is 3.73. The van der Waals surface area contributed by atoms with Crippen molar-refractivity contribution < 1.29 is 24.2 Å². The molecule has 110 valence electrons. The highest BCUT2D eigenvalue weighted by molar-refractivity contribution is 5.95. The van der Waals surface area contributed by atoms with Gasteiger partial charge in [0.15, 0.2) is 11.5 Å². The lowest BCUT2D eigenvalue weighted by Crippen LogP contribution is -2.34. The predicted octanol–water partition coefficient (Wildman–Crippen LogP) is 2.02. The molecule has 1 amide bonds. The summed E-state index contributed by atoms with van der Waals surface area (Å²) in [7, 11) is 0. The first kappa shape index (κ1) is 13.5. The summed E-state index contributed by atoms with van der Waals surface area (Å²) in [5.41, 5.74) is 0.572. The second kappa shape index (κ2) is 5.47. The van der Waals surface area contributed by atoms with E-state index in [0.717, 1.165) is 0 Å². The minimum Gasteiger partial charge on any atom is -0.481 e. The van der Waals surface area contributed by atoms with Gasteiger partial charge in [-0.15, -0.1) is 0 Å². The number of hydrogen-bond donors (Lipinski definition) is 2. The molecule has 1 aliphatic carbocycles. The highest BCUT2D eigenvalue weighted by Gasteiger charge is 2.34. The summed E-state index contributed by atoms with van der Waals surface area (Å²) in [6.45, 7) is 0.168. The van der Waals surface area contributed by atoms with Crippen LogP contribution in [0.1, 0.15) is 12.8 Å². The normalized spacial score (nSPS) is 22.9. The third kappa shape index (κ3) is 2.69. The Morgan fingerprint density at radius 1 is 1.10 bits per heavy atom. The van der Waals surface area contributed by atoms with Gasteiger partial charge in [0.1, 0.15) is 0 Å². The van der Waals surface area contributed by atoms with Crippen LogP contribution < -0.4 is 14.8 Å². The maximum absolute atomic E-state index is 12.3. The Kier molecular flexibility index (Phi) is 3.51. The molecule has 21 heavy (non-hydrogen) atoms. The van der Waals surface area contributed by atoms with Crippen LogP contribution in [0.25, 0.3) is 0 Å². The standard InChI is InChI=1S/C15H15NO5/c17-14(10-3-1-2-4-11(10)15(18)19)16-9-5-6-12-13(7-9)21-8-20-12/h1-2,5-7,10-11H,3-4,8H2,(H,16,17)(H,18,19). The number of carbonyl (C=O) groups excluding carboxylic acids is 1. The minimum atomic E-state index is -0.940. The topological polar surface area (TPSA) is 84.9 Å². The summed E-state index contributed by atoms with van der Waals surface area (Å²) < 4.78 is 10.4. The molecule has 1 aromatic rings. The van der Waals surface area contributed by atoms with Crippen LogP contribution in [-0.2, 0) is 9.59 Å². The van der Waals surface area contributed by atoms with Crippen molar-refractivity contribution >= 4 is 17.6 Å². The third-order valence-corrected chi connectivity index (χ3v) is 3.73. The molecule has 6 nitrogen and oxygen atoms in total. The van der Waals surface area contributed by atoms with Crippen molar-refractivity contribution in [3.63, 3.8) is 0 Å². The van der Waals surface area contributed by atoms with Gasteiger partial charge in [-0.3, -0.25) is 9.59 Å². The summed E-state index contributed by atoms with van der Waals surface area (Å²) in [6.07, 6.45) is 4.48. The average molecular weight is 289 g/mol. The highest BCUT2D eigenvalue weighted by atomic mass is 16.7. The Balaban J connectivity index is 1.73. The number of carboxylic acids is 1. The van der Waals surface area contributed by atoms with Gasteiger partial charge in [-0.2, -0.15) is 0 Å². The van der Waals surface area contributed by atoms with E-state index in [2.05, 4.69) is 5.32 Å². The molecule has 3 rings (SSSR count). The van der Waals surface area contributed by atoms with Gasteiger partial charge in [0.25, 0.3) is 0 Å². The van der Waals surface area contributed by atoms with Crippen LogP contribution in [0.4, 0.5) is 5.69 Å². The largest absolute Gasteiger partial charge is 0.481 e. The van der Waals surface area contributed by atoms with Crippen LogP contribution in [-0.4, -0.2) is 23.8 Å². The number of amides is 1. The molecule has 0 saturated carbocycles. The number of rotatable bonds is 3. The summed E-state index contributed by atoms with van der Waals surface area (Å²) in [4.78, 5) is 23.5. The molecular formula is C15H15NO5. The van der Waals surface area contributed by atoms with Crippen LogP contribution in [0.5, 0.6) is 11.5 Å². The molecule has 0 saturated heterocycles. The van der Waals surface area contributed by atoms with Gasteiger partial charge in [0, 0.05) is 11.8 Å². The van der Waals surface area contributed by atoms with Gasteiger partial charge in [-0.1, -0.05) is 12.2 Å². The number of nitrogens with one attached hydrogen (secondary N) is 1. The summed E-state index contributed by atoms with van der Waals surface area (Å²) in [6, 6.07) is 5.10. The Hall–Kier alpha value is -2.50. The first-order chi connectivity index (χ1) is 10.1. The average Bonchev–Trinajstić information content (AvgIpc) is 2.94. The molecule has 1 heterocycles. The second-order valence-corrected chi connectivity index (χ2v) is 5.05. The van der Waals surface area contributed by atoms with Crippen molar-refractivity contribution in [2.45, 2.75) is 12.8 Å². The maximum Gasteiger partial charge on any atom is 0.307 e. The lowest BCUT2D eigenvalue weighted by molar-refractivity contribution is -0.146. The fourth-order valence-electron chi connectivity index (χ4n) is 2.59. The lowest BCUT2D eigenvalue weighted by Gasteiger charge is -2.24. The molecule has 0 fully saturated rings. The number of carboxylic acid groups (broad SMARTS) is 1. The van der Waals surface area contributed by atoms with Crippen molar-refractivity contribution in [1.82, 2.24) is 0 Å². The second-order valence-electron chi connectivity index (χ2n) is 5.05. The Labute approximate surface area is 121 Å². The molecule has 0 spiro atoms. The predicted molar refractivity (Wildman–Crippen MR) is 74.2 cm³/mol. The van der Waals surface area contributed by atoms with Gasteiger partial charge in [-0.25, -0.2) is 0 Å². The van der Waals surface area contributed by atoms with Gasteiger partial charge < -0.3 is 19.9 Å². The molecule has 0 bridgehead atoms. The molecule has 2 N–H and O–H groups in total. The molecule has 1 aliphatic heterocycles. The number of ether oxygens (including phenoxy) is 2. The molecule has 2 unspecified atom stereocenters. The zero-order valence-electron chi connectivity index (χ0n) is 11.2. The molecule has 0 aromatic heterocycles. The summed E-state index contributed by atoms with van der Waals surface area (Å²) in [5.74, 6) is -1.25. The van der Waals surface area contributed by atoms with Crippen molar-refractivity contribution in [2.75, 3.05) is 12.1 Å². The monoisotopic (exact) mass is 289 g/mol. The number of benzene rings is 1. The number of aliphatic carboxylic acids is 1. The van der Waals surface area contributed by atoms with E-state index in [1.165, 1.54) is 0 Å².